The standard InChI is InChI=1S/C17H17N3O3/c1-22-14-8-4-13(5-9-14)20-17(21)23-15-6-2-12(3-7-15)16-18-10-11-19-16/h2-9H,10-11H2,1H3,(H,18,19)(H,20,21). The van der Waals surface area contributed by atoms with Crippen molar-refractivity contribution in [2.45, 2.75) is 0 Å². The molecule has 1 aliphatic heterocycles. The lowest BCUT2D eigenvalue weighted by Crippen LogP contribution is -2.19. The fourth-order valence-electron chi connectivity index (χ4n) is 2.20. The summed E-state index contributed by atoms with van der Waals surface area (Å²) in [6.45, 7) is 1.65. The van der Waals surface area contributed by atoms with Crippen LogP contribution in [0.15, 0.2) is 53.5 Å². The van der Waals surface area contributed by atoms with Gasteiger partial charge in [-0.3, -0.25) is 10.3 Å². The molecule has 6 nitrogen and oxygen atoms in total. The molecule has 6 heteroatoms. The van der Waals surface area contributed by atoms with E-state index in [1.165, 1.54) is 0 Å². The molecule has 0 saturated heterocycles. The van der Waals surface area contributed by atoms with Crippen molar-refractivity contribution in [2.24, 2.45) is 4.99 Å². The van der Waals surface area contributed by atoms with E-state index in [4.69, 9.17) is 9.47 Å². The number of rotatable bonds is 4. The van der Waals surface area contributed by atoms with Crippen molar-refractivity contribution < 1.29 is 14.3 Å². The first-order valence-corrected chi connectivity index (χ1v) is 7.26. The van der Waals surface area contributed by atoms with Gasteiger partial charge in [-0.2, -0.15) is 0 Å². The van der Waals surface area contributed by atoms with Gasteiger partial charge in [-0.05, 0) is 48.5 Å². The maximum atomic E-state index is 11.9. The van der Waals surface area contributed by atoms with Gasteiger partial charge in [0.25, 0.3) is 0 Å². The van der Waals surface area contributed by atoms with Crippen LogP contribution in [-0.2, 0) is 0 Å². The third kappa shape index (κ3) is 3.79. The van der Waals surface area contributed by atoms with Crippen LogP contribution in [0.25, 0.3) is 0 Å². The Balaban J connectivity index is 1.58. The predicted molar refractivity (Wildman–Crippen MR) is 88.5 cm³/mol. The number of hydrogen-bond acceptors (Lipinski definition) is 5. The van der Waals surface area contributed by atoms with Crippen LogP contribution < -0.4 is 20.1 Å². The Morgan fingerprint density at radius 2 is 1.78 bits per heavy atom. The molecule has 2 aromatic carbocycles. The van der Waals surface area contributed by atoms with Crippen molar-refractivity contribution in [3.05, 3.63) is 54.1 Å². The van der Waals surface area contributed by atoms with E-state index in [1.54, 1.807) is 43.5 Å². The van der Waals surface area contributed by atoms with Gasteiger partial charge in [0.05, 0.1) is 13.7 Å². The Hall–Kier alpha value is -3.02. The van der Waals surface area contributed by atoms with E-state index in [2.05, 4.69) is 15.6 Å². The highest BCUT2D eigenvalue weighted by molar-refractivity contribution is 5.99. The molecule has 3 rings (SSSR count). The molecule has 1 amide bonds. The molecule has 2 aromatic rings. The minimum atomic E-state index is -0.542. The summed E-state index contributed by atoms with van der Waals surface area (Å²) >= 11 is 0. The number of nitrogens with one attached hydrogen (secondary N) is 2. The first kappa shape index (κ1) is 14.9. The van der Waals surface area contributed by atoms with E-state index in [0.29, 0.717) is 11.4 Å². The molecule has 0 atom stereocenters. The summed E-state index contributed by atoms with van der Waals surface area (Å²) < 4.78 is 10.3. The Bertz CT molecular complexity index is 709. The Kier molecular flexibility index (Phi) is 4.42. The predicted octanol–water partition coefficient (Wildman–Crippen LogP) is 2.66. The summed E-state index contributed by atoms with van der Waals surface area (Å²) in [7, 11) is 1.59. The molecule has 0 bridgehead atoms. The molecule has 0 aromatic heterocycles. The summed E-state index contributed by atoms with van der Waals surface area (Å²) in [5, 5.41) is 5.85. The highest BCUT2D eigenvalue weighted by atomic mass is 16.6. The number of methoxy groups -OCH3 is 1. The second kappa shape index (κ2) is 6.83. The van der Waals surface area contributed by atoms with Crippen LogP contribution in [0.4, 0.5) is 10.5 Å². The quantitative estimate of drug-likeness (QED) is 0.910. The van der Waals surface area contributed by atoms with Crippen LogP contribution in [0.1, 0.15) is 5.56 Å². The lowest BCUT2D eigenvalue weighted by Gasteiger charge is -2.08. The van der Waals surface area contributed by atoms with Crippen molar-refractivity contribution in [1.82, 2.24) is 5.32 Å². The minimum Gasteiger partial charge on any atom is -0.497 e. The number of benzene rings is 2. The van der Waals surface area contributed by atoms with Gasteiger partial charge in [0, 0.05) is 17.8 Å². The normalized spacial score (nSPS) is 13.0. The van der Waals surface area contributed by atoms with Gasteiger partial charge in [-0.1, -0.05) is 0 Å². The molecule has 0 unspecified atom stereocenters. The largest absolute Gasteiger partial charge is 0.497 e. The van der Waals surface area contributed by atoms with E-state index in [0.717, 1.165) is 30.2 Å². The Labute approximate surface area is 134 Å². The molecule has 23 heavy (non-hydrogen) atoms. The molecule has 0 fully saturated rings. The van der Waals surface area contributed by atoms with Gasteiger partial charge in [-0.25, -0.2) is 4.79 Å². The number of amidine groups is 1. The summed E-state index contributed by atoms with van der Waals surface area (Å²) in [5.41, 5.74) is 1.61. The van der Waals surface area contributed by atoms with E-state index in [-0.39, 0.29) is 0 Å². The van der Waals surface area contributed by atoms with Crippen LogP contribution in [0.5, 0.6) is 11.5 Å². The number of carbonyl (C=O) groups is 1. The zero-order valence-corrected chi connectivity index (χ0v) is 12.7. The third-order valence-corrected chi connectivity index (χ3v) is 3.35. The summed E-state index contributed by atoms with van der Waals surface area (Å²) in [6, 6.07) is 14.2. The van der Waals surface area contributed by atoms with E-state index < -0.39 is 6.09 Å². The molecule has 0 radical (unpaired) electrons. The fraction of sp³-hybridized carbons (Fsp3) is 0.176. The maximum absolute atomic E-state index is 11.9. The number of ether oxygens (including phenoxy) is 2. The number of aliphatic imine (C=N–C) groups is 1. The first-order chi connectivity index (χ1) is 11.2. The SMILES string of the molecule is COc1ccc(NC(=O)Oc2ccc(C3=NCCN3)cc2)cc1. The van der Waals surface area contributed by atoms with E-state index in [1.807, 2.05) is 12.1 Å². The van der Waals surface area contributed by atoms with Crippen LogP contribution in [0.3, 0.4) is 0 Å². The van der Waals surface area contributed by atoms with Crippen molar-refractivity contribution >= 4 is 17.6 Å². The number of carbonyl (C=O) groups excluding carboxylic acids is 1. The lowest BCUT2D eigenvalue weighted by molar-refractivity contribution is 0.215. The second-order valence-electron chi connectivity index (χ2n) is 4.92. The Morgan fingerprint density at radius 1 is 1.09 bits per heavy atom. The first-order valence-electron chi connectivity index (χ1n) is 7.26. The molecule has 0 saturated carbocycles. The summed E-state index contributed by atoms with van der Waals surface area (Å²) in [6.07, 6.45) is -0.542. The average molecular weight is 311 g/mol. The molecular formula is C17H17N3O3. The summed E-state index contributed by atoms with van der Waals surface area (Å²) in [5.74, 6) is 2.07. The van der Waals surface area contributed by atoms with Gasteiger partial charge in [-0.15, -0.1) is 0 Å². The molecule has 118 valence electrons. The topological polar surface area (TPSA) is 72.0 Å². The van der Waals surface area contributed by atoms with Gasteiger partial charge < -0.3 is 14.8 Å². The number of anilines is 1. The highest BCUT2D eigenvalue weighted by Gasteiger charge is 2.09. The van der Waals surface area contributed by atoms with Crippen molar-refractivity contribution in [3.8, 4) is 11.5 Å². The fourth-order valence-corrected chi connectivity index (χ4v) is 2.20. The smallest absolute Gasteiger partial charge is 0.417 e. The number of nitrogens with zero attached hydrogens (tertiary/aromatic N) is 1. The lowest BCUT2D eigenvalue weighted by atomic mass is 10.2. The van der Waals surface area contributed by atoms with Crippen molar-refractivity contribution in [3.63, 3.8) is 0 Å². The zero-order valence-electron chi connectivity index (χ0n) is 12.7. The Morgan fingerprint density at radius 3 is 2.39 bits per heavy atom. The van der Waals surface area contributed by atoms with Crippen molar-refractivity contribution in [2.75, 3.05) is 25.5 Å². The zero-order chi connectivity index (χ0) is 16.1. The highest BCUT2D eigenvalue weighted by Crippen LogP contribution is 2.17. The van der Waals surface area contributed by atoms with Crippen LogP contribution in [0.2, 0.25) is 0 Å². The van der Waals surface area contributed by atoms with E-state index in [9.17, 15) is 4.79 Å². The molecule has 0 spiro atoms. The van der Waals surface area contributed by atoms with Gasteiger partial charge in [0.1, 0.15) is 17.3 Å². The minimum absolute atomic E-state index is 0.471. The number of hydrogen-bond donors (Lipinski definition) is 2. The van der Waals surface area contributed by atoms with Gasteiger partial charge >= 0.3 is 6.09 Å². The molecule has 0 aliphatic carbocycles. The molecule has 1 heterocycles. The van der Waals surface area contributed by atoms with Crippen molar-refractivity contribution in [1.29, 1.82) is 0 Å². The second-order valence-corrected chi connectivity index (χ2v) is 4.92. The van der Waals surface area contributed by atoms with Crippen LogP contribution in [0, 0.1) is 0 Å². The molecular weight excluding hydrogens is 294 g/mol. The third-order valence-electron chi connectivity index (χ3n) is 3.35. The van der Waals surface area contributed by atoms with Gasteiger partial charge in [0.2, 0.25) is 0 Å². The summed E-state index contributed by atoms with van der Waals surface area (Å²) in [4.78, 5) is 16.2. The van der Waals surface area contributed by atoms with Crippen LogP contribution in [-0.4, -0.2) is 32.1 Å². The molecule has 2 N–H and O–H groups in total. The average Bonchev–Trinajstić information content (AvgIpc) is 3.11. The number of amides is 1. The maximum Gasteiger partial charge on any atom is 0.417 e. The monoisotopic (exact) mass is 311 g/mol. The van der Waals surface area contributed by atoms with Crippen LogP contribution >= 0.6 is 0 Å². The van der Waals surface area contributed by atoms with Gasteiger partial charge in [0.15, 0.2) is 0 Å². The molecule has 1 aliphatic rings. The van der Waals surface area contributed by atoms with E-state index >= 15 is 0 Å².